The van der Waals surface area contributed by atoms with Crippen molar-refractivity contribution in [2.75, 3.05) is 0 Å². The maximum Gasteiger partial charge on any atom is 0.374 e. The molecule has 0 radical (unpaired) electrons. The quantitative estimate of drug-likeness (QED) is 0.887. The SMILES string of the molecule is O=C(O)c1nc(C2CCC3CCCCC3C2)oc1C(=O)O. The molecule has 6 heteroatoms. The van der Waals surface area contributed by atoms with E-state index >= 15 is 0 Å². The van der Waals surface area contributed by atoms with Crippen LogP contribution in [0.3, 0.4) is 0 Å². The number of rotatable bonds is 3. The van der Waals surface area contributed by atoms with E-state index in [-0.39, 0.29) is 11.8 Å². The molecule has 0 spiro atoms. The molecular weight excluding hydrogens is 274 g/mol. The van der Waals surface area contributed by atoms with Crippen molar-refractivity contribution < 1.29 is 24.2 Å². The molecule has 114 valence electrons. The Hall–Kier alpha value is -1.85. The first-order valence-corrected chi connectivity index (χ1v) is 7.53. The van der Waals surface area contributed by atoms with Crippen molar-refractivity contribution in [3.8, 4) is 0 Å². The number of hydrogen-bond acceptors (Lipinski definition) is 4. The number of aromatic nitrogens is 1. The minimum Gasteiger partial charge on any atom is -0.476 e. The van der Waals surface area contributed by atoms with E-state index in [4.69, 9.17) is 14.6 Å². The summed E-state index contributed by atoms with van der Waals surface area (Å²) in [6.07, 6.45) is 7.98. The standard InChI is InChI=1S/C15H19NO5/c17-14(18)11-12(15(19)20)21-13(16-11)10-6-5-8-3-1-2-4-9(8)7-10/h8-10H,1-7H2,(H,17,18)(H,19,20). The Morgan fingerprint density at radius 2 is 1.71 bits per heavy atom. The first-order valence-electron chi connectivity index (χ1n) is 7.53. The summed E-state index contributed by atoms with van der Waals surface area (Å²) >= 11 is 0. The van der Waals surface area contributed by atoms with Crippen molar-refractivity contribution in [1.82, 2.24) is 4.98 Å². The highest BCUT2D eigenvalue weighted by molar-refractivity contribution is 5.98. The summed E-state index contributed by atoms with van der Waals surface area (Å²) in [6, 6.07) is 0. The van der Waals surface area contributed by atoms with Crippen LogP contribution in [0.25, 0.3) is 0 Å². The first-order chi connectivity index (χ1) is 10.1. The number of hydrogen-bond donors (Lipinski definition) is 2. The lowest BCUT2D eigenvalue weighted by Gasteiger charge is -2.38. The van der Waals surface area contributed by atoms with Crippen LogP contribution in [0.4, 0.5) is 0 Å². The molecule has 21 heavy (non-hydrogen) atoms. The molecule has 2 aliphatic rings. The molecule has 1 aromatic rings. The summed E-state index contributed by atoms with van der Waals surface area (Å²) in [6.45, 7) is 0. The smallest absolute Gasteiger partial charge is 0.374 e. The summed E-state index contributed by atoms with van der Waals surface area (Å²) in [5.41, 5.74) is -0.483. The Bertz CT molecular complexity index is 533. The molecule has 0 saturated heterocycles. The lowest BCUT2D eigenvalue weighted by Crippen LogP contribution is -2.27. The third kappa shape index (κ3) is 2.66. The van der Waals surface area contributed by atoms with Crippen LogP contribution in [0.1, 0.15) is 77.8 Å². The van der Waals surface area contributed by atoms with Gasteiger partial charge in [0.25, 0.3) is 0 Å². The van der Waals surface area contributed by atoms with Gasteiger partial charge in [0.1, 0.15) is 0 Å². The minimum absolute atomic E-state index is 0.0514. The van der Waals surface area contributed by atoms with Gasteiger partial charge in [0, 0.05) is 5.92 Å². The van der Waals surface area contributed by atoms with Gasteiger partial charge < -0.3 is 14.6 Å². The molecule has 0 aromatic carbocycles. The highest BCUT2D eigenvalue weighted by Gasteiger charge is 2.36. The maximum atomic E-state index is 11.1. The van der Waals surface area contributed by atoms with Gasteiger partial charge in [0.2, 0.25) is 11.5 Å². The van der Waals surface area contributed by atoms with E-state index in [2.05, 4.69) is 4.98 Å². The third-order valence-electron chi connectivity index (χ3n) is 4.93. The zero-order valence-electron chi connectivity index (χ0n) is 11.7. The van der Waals surface area contributed by atoms with Gasteiger partial charge in [-0.25, -0.2) is 14.6 Å². The van der Waals surface area contributed by atoms with Crippen LogP contribution in [0.2, 0.25) is 0 Å². The van der Waals surface area contributed by atoms with E-state index in [1.165, 1.54) is 25.7 Å². The molecule has 1 aromatic heterocycles. The second-order valence-electron chi connectivity index (χ2n) is 6.15. The summed E-state index contributed by atoms with van der Waals surface area (Å²) in [7, 11) is 0. The minimum atomic E-state index is -1.38. The molecule has 0 aliphatic heterocycles. The fourth-order valence-electron chi connectivity index (χ4n) is 3.90. The Kier molecular flexibility index (Phi) is 3.69. The van der Waals surface area contributed by atoms with Gasteiger partial charge in [-0.1, -0.05) is 25.7 Å². The van der Waals surface area contributed by atoms with E-state index in [1.807, 2.05) is 0 Å². The Balaban J connectivity index is 1.82. The largest absolute Gasteiger partial charge is 0.476 e. The van der Waals surface area contributed by atoms with Crippen LogP contribution in [0.15, 0.2) is 4.42 Å². The highest BCUT2D eigenvalue weighted by Crippen LogP contribution is 2.46. The van der Waals surface area contributed by atoms with E-state index < -0.39 is 23.4 Å². The van der Waals surface area contributed by atoms with Crippen LogP contribution in [0, 0.1) is 11.8 Å². The molecule has 6 nitrogen and oxygen atoms in total. The predicted octanol–water partition coefficient (Wildman–Crippen LogP) is 3.14. The van der Waals surface area contributed by atoms with Crippen molar-refractivity contribution in [1.29, 1.82) is 0 Å². The molecule has 2 aliphatic carbocycles. The average Bonchev–Trinajstić information content (AvgIpc) is 2.92. The van der Waals surface area contributed by atoms with Gasteiger partial charge in [-0.05, 0) is 31.1 Å². The van der Waals surface area contributed by atoms with Crippen LogP contribution in [-0.4, -0.2) is 27.1 Å². The van der Waals surface area contributed by atoms with Gasteiger partial charge in [-0.3, -0.25) is 0 Å². The summed E-state index contributed by atoms with van der Waals surface area (Å²) in [4.78, 5) is 26.1. The molecule has 2 N–H and O–H groups in total. The van der Waals surface area contributed by atoms with Crippen molar-refractivity contribution in [2.45, 2.75) is 50.9 Å². The van der Waals surface area contributed by atoms with Crippen LogP contribution < -0.4 is 0 Å². The normalized spacial score (nSPS) is 28.9. The number of carboxylic acid groups (broad SMARTS) is 2. The molecule has 0 amide bonds. The highest BCUT2D eigenvalue weighted by atomic mass is 16.4. The van der Waals surface area contributed by atoms with E-state index in [0.717, 1.165) is 25.2 Å². The lowest BCUT2D eigenvalue weighted by molar-refractivity contribution is 0.0621. The Morgan fingerprint density at radius 3 is 2.33 bits per heavy atom. The number of carbonyl (C=O) groups is 2. The second kappa shape index (κ2) is 5.50. The third-order valence-corrected chi connectivity index (χ3v) is 4.93. The van der Waals surface area contributed by atoms with Crippen molar-refractivity contribution in [3.05, 3.63) is 17.3 Å². The van der Waals surface area contributed by atoms with Crippen LogP contribution in [0.5, 0.6) is 0 Å². The molecule has 2 saturated carbocycles. The van der Waals surface area contributed by atoms with E-state index in [1.54, 1.807) is 0 Å². The zero-order chi connectivity index (χ0) is 15.0. The molecular formula is C15H19NO5. The number of carboxylic acids is 2. The average molecular weight is 293 g/mol. The van der Waals surface area contributed by atoms with E-state index in [9.17, 15) is 9.59 Å². The number of fused-ring (bicyclic) bond motifs is 1. The number of aromatic carboxylic acids is 2. The molecule has 3 unspecified atom stereocenters. The fraction of sp³-hybridized carbons (Fsp3) is 0.667. The summed E-state index contributed by atoms with van der Waals surface area (Å²) < 4.78 is 5.27. The van der Waals surface area contributed by atoms with Gasteiger partial charge in [0.05, 0.1) is 0 Å². The molecule has 3 atom stereocenters. The van der Waals surface area contributed by atoms with Gasteiger partial charge >= 0.3 is 11.9 Å². The molecule has 2 fully saturated rings. The first kappa shape index (κ1) is 14.1. The monoisotopic (exact) mass is 293 g/mol. The fourth-order valence-corrected chi connectivity index (χ4v) is 3.90. The molecule has 3 rings (SSSR count). The van der Waals surface area contributed by atoms with Crippen molar-refractivity contribution >= 4 is 11.9 Å². The van der Waals surface area contributed by atoms with Gasteiger partial charge in [0.15, 0.2) is 5.89 Å². The lowest BCUT2D eigenvalue weighted by atomic mass is 9.67. The van der Waals surface area contributed by atoms with Gasteiger partial charge in [-0.2, -0.15) is 0 Å². The van der Waals surface area contributed by atoms with E-state index in [0.29, 0.717) is 5.92 Å². The summed E-state index contributed by atoms with van der Waals surface area (Å²) in [5.74, 6) is -1.53. The van der Waals surface area contributed by atoms with Crippen molar-refractivity contribution in [3.63, 3.8) is 0 Å². The summed E-state index contributed by atoms with van der Waals surface area (Å²) in [5, 5.41) is 18.0. The maximum absolute atomic E-state index is 11.1. The number of oxazole rings is 1. The molecule has 0 bridgehead atoms. The Labute approximate surface area is 122 Å². The number of nitrogens with zero attached hydrogens (tertiary/aromatic N) is 1. The molecule has 1 heterocycles. The van der Waals surface area contributed by atoms with Crippen LogP contribution >= 0.6 is 0 Å². The Morgan fingerprint density at radius 1 is 1.00 bits per heavy atom. The topological polar surface area (TPSA) is 101 Å². The zero-order valence-corrected chi connectivity index (χ0v) is 11.7. The second-order valence-corrected chi connectivity index (χ2v) is 6.15. The predicted molar refractivity (Wildman–Crippen MR) is 72.5 cm³/mol. The van der Waals surface area contributed by atoms with Crippen molar-refractivity contribution in [2.24, 2.45) is 11.8 Å². The van der Waals surface area contributed by atoms with Gasteiger partial charge in [-0.15, -0.1) is 0 Å². The van der Waals surface area contributed by atoms with Crippen LogP contribution in [-0.2, 0) is 0 Å².